The van der Waals surface area contributed by atoms with Crippen LogP contribution in [-0.4, -0.2) is 58.9 Å². The van der Waals surface area contributed by atoms with Crippen LogP contribution in [0.2, 0.25) is 0 Å². The first kappa shape index (κ1) is 19.0. The van der Waals surface area contributed by atoms with Gasteiger partial charge in [-0.25, -0.2) is 0 Å². The Morgan fingerprint density at radius 3 is 2.93 bits per heavy atom. The van der Waals surface area contributed by atoms with Crippen LogP contribution in [0.15, 0.2) is 35.7 Å². The Hall–Kier alpha value is -2.38. The molecule has 28 heavy (non-hydrogen) atoms. The topological polar surface area (TPSA) is 72.9 Å². The summed E-state index contributed by atoms with van der Waals surface area (Å²) in [6, 6.07) is 8.22. The maximum Gasteiger partial charge on any atom is 0.258 e. The summed E-state index contributed by atoms with van der Waals surface area (Å²) in [7, 11) is 0. The van der Waals surface area contributed by atoms with Crippen molar-refractivity contribution in [1.82, 2.24) is 15.1 Å². The number of fused-ring (bicyclic) bond motifs is 1. The fourth-order valence-corrected chi connectivity index (χ4v) is 4.93. The van der Waals surface area contributed by atoms with Gasteiger partial charge in [0.1, 0.15) is 11.8 Å². The fourth-order valence-electron chi connectivity index (χ4n) is 4.04. The van der Waals surface area contributed by atoms with Crippen LogP contribution in [0, 0.1) is 0 Å². The molecule has 2 aliphatic rings. The van der Waals surface area contributed by atoms with E-state index in [2.05, 4.69) is 21.7 Å². The molecule has 0 unspecified atom stereocenters. The predicted molar refractivity (Wildman–Crippen MR) is 108 cm³/mol. The van der Waals surface area contributed by atoms with Crippen molar-refractivity contribution in [2.45, 2.75) is 31.8 Å². The van der Waals surface area contributed by atoms with Gasteiger partial charge in [0, 0.05) is 37.6 Å². The maximum atomic E-state index is 12.8. The lowest BCUT2D eigenvalue weighted by Gasteiger charge is -2.28. The first-order chi connectivity index (χ1) is 13.6. The van der Waals surface area contributed by atoms with Crippen molar-refractivity contribution < 1.29 is 14.7 Å². The summed E-state index contributed by atoms with van der Waals surface area (Å²) in [6.45, 7) is 3.88. The van der Waals surface area contributed by atoms with Gasteiger partial charge in [-0.2, -0.15) is 0 Å². The van der Waals surface area contributed by atoms with Crippen LogP contribution in [0.25, 0.3) is 0 Å². The second-order valence-corrected chi connectivity index (χ2v) is 8.36. The molecule has 2 aromatic rings. The van der Waals surface area contributed by atoms with Crippen LogP contribution in [0.5, 0.6) is 5.75 Å². The van der Waals surface area contributed by atoms with Gasteiger partial charge in [0.25, 0.3) is 5.91 Å². The highest BCUT2D eigenvalue weighted by Crippen LogP contribution is 2.25. The van der Waals surface area contributed by atoms with E-state index in [-0.39, 0.29) is 23.1 Å². The molecular weight excluding hydrogens is 374 g/mol. The number of likely N-dealkylation sites (tertiary alicyclic amines) is 1. The van der Waals surface area contributed by atoms with E-state index >= 15 is 0 Å². The van der Waals surface area contributed by atoms with Crippen molar-refractivity contribution >= 4 is 23.2 Å². The highest BCUT2D eigenvalue weighted by atomic mass is 32.1. The summed E-state index contributed by atoms with van der Waals surface area (Å²) in [5, 5.41) is 15.1. The van der Waals surface area contributed by atoms with Gasteiger partial charge in [0.2, 0.25) is 5.91 Å². The highest BCUT2D eigenvalue weighted by Gasteiger charge is 2.35. The number of para-hydroxylation sites is 1. The molecule has 0 bridgehead atoms. The van der Waals surface area contributed by atoms with Crippen LogP contribution in [-0.2, 0) is 17.8 Å². The van der Waals surface area contributed by atoms with Crippen LogP contribution in [0.1, 0.15) is 33.6 Å². The van der Waals surface area contributed by atoms with E-state index in [0.29, 0.717) is 19.5 Å². The normalized spacial score (nSPS) is 19.4. The molecular formula is C21H25N3O3S. The van der Waals surface area contributed by atoms with Crippen molar-refractivity contribution in [3.63, 3.8) is 0 Å². The quantitative estimate of drug-likeness (QED) is 0.809. The largest absolute Gasteiger partial charge is 0.507 e. The molecule has 2 amide bonds. The Kier molecular flexibility index (Phi) is 5.64. The Bertz CT molecular complexity index is 866. The standard InChI is InChI=1S/C21H25N3O3S/c25-18-6-2-1-4-16(18)21(27)24-10-3-5-17(24)20(26)22-9-12-23-11-7-19-15(14-23)8-13-28-19/h1-2,4,6,8,13,17,25H,3,5,7,9-12,14H2,(H,22,26)/t17-/m0/s1. The molecule has 2 N–H and O–H groups in total. The number of benzene rings is 1. The summed E-state index contributed by atoms with van der Waals surface area (Å²) in [4.78, 5) is 30.9. The number of aromatic hydroxyl groups is 1. The molecule has 1 aromatic carbocycles. The summed E-state index contributed by atoms with van der Waals surface area (Å²) in [6.07, 6.45) is 2.53. The number of thiophene rings is 1. The molecule has 0 spiro atoms. The van der Waals surface area contributed by atoms with Crippen LogP contribution < -0.4 is 5.32 Å². The molecule has 1 fully saturated rings. The van der Waals surface area contributed by atoms with Gasteiger partial charge in [0.15, 0.2) is 0 Å². The molecule has 4 rings (SSSR count). The second-order valence-electron chi connectivity index (χ2n) is 7.36. The number of rotatable bonds is 5. The van der Waals surface area contributed by atoms with Crippen LogP contribution in [0.4, 0.5) is 0 Å². The van der Waals surface area contributed by atoms with E-state index in [0.717, 1.165) is 32.5 Å². The minimum absolute atomic E-state index is 0.0449. The molecule has 0 radical (unpaired) electrons. The van der Waals surface area contributed by atoms with Gasteiger partial charge in [-0.15, -0.1) is 11.3 Å². The molecule has 2 aliphatic heterocycles. The highest BCUT2D eigenvalue weighted by molar-refractivity contribution is 7.10. The Labute approximate surface area is 168 Å². The fraction of sp³-hybridized carbons (Fsp3) is 0.429. The molecule has 0 aliphatic carbocycles. The van der Waals surface area contributed by atoms with Crippen LogP contribution >= 0.6 is 11.3 Å². The van der Waals surface area contributed by atoms with Gasteiger partial charge in [-0.3, -0.25) is 14.5 Å². The van der Waals surface area contributed by atoms with Crippen molar-refractivity contribution in [3.8, 4) is 5.75 Å². The van der Waals surface area contributed by atoms with E-state index in [4.69, 9.17) is 0 Å². The van der Waals surface area contributed by atoms with Gasteiger partial charge >= 0.3 is 0 Å². The molecule has 148 valence electrons. The first-order valence-electron chi connectivity index (χ1n) is 9.78. The van der Waals surface area contributed by atoms with E-state index in [1.807, 2.05) is 11.3 Å². The SMILES string of the molecule is O=C(NCCN1CCc2sccc2C1)[C@@H]1CCCN1C(=O)c1ccccc1O. The van der Waals surface area contributed by atoms with E-state index < -0.39 is 6.04 Å². The number of nitrogens with zero attached hydrogens (tertiary/aromatic N) is 2. The monoisotopic (exact) mass is 399 g/mol. The van der Waals surface area contributed by atoms with Crippen molar-refractivity contribution in [3.05, 3.63) is 51.7 Å². The minimum atomic E-state index is -0.461. The Morgan fingerprint density at radius 1 is 1.21 bits per heavy atom. The van der Waals surface area contributed by atoms with Crippen molar-refractivity contribution in [2.75, 3.05) is 26.2 Å². The van der Waals surface area contributed by atoms with Gasteiger partial charge in [0.05, 0.1) is 5.56 Å². The third kappa shape index (κ3) is 3.91. The average molecular weight is 400 g/mol. The van der Waals surface area contributed by atoms with Crippen LogP contribution in [0.3, 0.4) is 0 Å². The van der Waals surface area contributed by atoms with E-state index in [1.165, 1.54) is 16.5 Å². The summed E-state index contributed by atoms with van der Waals surface area (Å²) < 4.78 is 0. The van der Waals surface area contributed by atoms with Gasteiger partial charge in [-0.1, -0.05) is 12.1 Å². The molecule has 7 heteroatoms. The summed E-state index contributed by atoms with van der Waals surface area (Å²) in [5.41, 5.74) is 1.65. The zero-order valence-electron chi connectivity index (χ0n) is 15.8. The Balaban J connectivity index is 1.30. The maximum absolute atomic E-state index is 12.8. The van der Waals surface area contributed by atoms with Crippen molar-refractivity contribution in [1.29, 1.82) is 0 Å². The summed E-state index contributed by atoms with van der Waals surface area (Å²) >= 11 is 1.82. The minimum Gasteiger partial charge on any atom is -0.507 e. The molecule has 1 atom stereocenters. The van der Waals surface area contributed by atoms with Crippen molar-refractivity contribution in [2.24, 2.45) is 0 Å². The van der Waals surface area contributed by atoms with Gasteiger partial charge < -0.3 is 15.3 Å². The number of nitrogens with one attached hydrogen (secondary N) is 1. The smallest absolute Gasteiger partial charge is 0.258 e. The number of amides is 2. The molecule has 6 nitrogen and oxygen atoms in total. The molecule has 3 heterocycles. The number of carbonyl (C=O) groups is 2. The third-order valence-corrected chi connectivity index (χ3v) is 6.59. The van der Waals surface area contributed by atoms with E-state index in [9.17, 15) is 14.7 Å². The summed E-state index contributed by atoms with van der Waals surface area (Å²) in [5.74, 6) is -0.428. The second kappa shape index (κ2) is 8.32. The molecule has 1 saturated heterocycles. The predicted octanol–water partition coefficient (Wildman–Crippen LogP) is 2.23. The zero-order valence-corrected chi connectivity index (χ0v) is 16.6. The number of carbonyl (C=O) groups excluding carboxylic acids is 2. The number of hydrogen-bond donors (Lipinski definition) is 2. The number of phenols is 1. The number of hydrogen-bond acceptors (Lipinski definition) is 5. The number of phenolic OH excluding ortho intramolecular Hbond substituents is 1. The van der Waals surface area contributed by atoms with E-state index in [1.54, 1.807) is 23.1 Å². The zero-order chi connectivity index (χ0) is 19.5. The molecule has 0 saturated carbocycles. The van der Waals surface area contributed by atoms with Gasteiger partial charge in [-0.05, 0) is 48.4 Å². The molecule has 1 aromatic heterocycles. The third-order valence-electron chi connectivity index (χ3n) is 5.56. The average Bonchev–Trinajstić information content (AvgIpc) is 3.37. The lowest BCUT2D eigenvalue weighted by atomic mass is 10.1. The Morgan fingerprint density at radius 2 is 2.07 bits per heavy atom. The lowest BCUT2D eigenvalue weighted by molar-refractivity contribution is -0.124. The lowest BCUT2D eigenvalue weighted by Crippen LogP contribution is -2.47. The first-order valence-corrected chi connectivity index (χ1v) is 10.7.